The average molecular weight is 459 g/mol. The largest absolute Gasteiger partial charge is 0.492 e. The summed E-state index contributed by atoms with van der Waals surface area (Å²) in [6, 6.07) is 11.1. The second-order valence-corrected chi connectivity index (χ2v) is 11.7. The quantitative estimate of drug-likeness (QED) is 0.345. The fourth-order valence-electron chi connectivity index (χ4n) is 2.58. The molecule has 2 aromatic carbocycles. The Balaban J connectivity index is 2.37. The first-order valence-corrected chi connectivity index (χ1v) is 13.0. The summed E-state index contributed by atoms with van der Waals surface area (Å²) in [5.41, 5.74) is 0. The minimum Gasteiger partial charge on any atom is -0.492 e. The van der Waals surface area contributed by atoms with Crippen molar-refractivity contribution in [2.75, 3.05) is 26.4 Å². The number of hydrogen-bond acceptors (Lipinski definition) is 8. The van der Waals surface area contributed by atoms with Crippen LogP contribution in [0.2, 0.25) is 0 Å². The highest BCUT2D eigenvalue weighted by Gasteiger charge is 2.38. The smallest absolute Gasteiger partial charge is 0.290 e. The van der Waals surface area contributed by atoms with Crippen molar-refractivity contribution in [3.8, 4) is 11.5 Å². The number of rotatable bonds is 13. The van der Waals surface area contributed by atoms with Crippen molar-refractivity contribution in [1.82, 2.24) is 0 Å². The molecule has 0 bridgehead atoms. The van der Waals surface area contributed by atoms with Gasteiger partial charge in [0.25, 0.3) is 17.7 Å². The highest BCUT2D eigenvalue weighted by Crippen LogP contribution is 2.35. The molecule has 0 spiro atoms. The Hall–Kier alpha value is -2.14. The van der Waals surface area contributed by atoms with E-state index < -0.39 is 27.5 Å². The van der Waals surface area contributed by atoms with Crippen LogP contribution in [0, 0.1) is 0 Å². The third-order valence-corrected chi connectivity index (χ3v) is 9.29. The lowest BCUT2D eigenvalue weighted by Crippen LogP contribution is -2.18. The average Bonchev–Trinajstić information content (AvgIpc) is 2.74. The van der Waals surface area contributed by atoms with Crippen LogP contribution in [0.15, 0.2) is 58.3 Å². The molecule has 0 aromatic heterocycles. The Kier molecular flexibility index (Phi) is 9.09. The number of aliphatic hydroxyl groups excluding tert-OH is 2. The lowest BCUT2D eigenvalue weighted by molar-refractivity contribution is 0.250. The Morgan fingerprint density at radius 3 is 1.33 bits per heavy atom. The fraction of sp³-hybridized carbons (Fsp3) is 0.400. The van der Waals surface area contributed by atoms with Gasteiger partial charge < -0.3 is 19.7 Å². The van der Waals surface area contributed by atoms with E-state index in [-0.39, 0.29) is 37.9 Å². The lowest BCUT2D eigenvalue weighted by atomic mass is 10.3. The van der Waals surface area contributed by atoms with E-state index in [0.717, 1.165) is 0 Å². The van der Waals surface area contributed by atoms with E-state index in [4.69, 9.17) is 19.7 Å². The summed E-state index contributed by atoms with van der Waals surface area (Å²) in [7, 11) is -9.69. The van der Waals surface area contributed by atoms with Crippen LogP contribution in [0.1, 0.15) is 25.7 Å². The second-order valence-electron chi connectivity index (χ2n) is 6.36. The number of aliphatic hydroxyl groups is 2. The molecule has 30 heavy (non-hydrogen) atoms. The standard InChI is InChI=1S/C20H26O8S2/c21-13-5-7-15-27-17-9-1-3-11-19(17)29(23,24)30(25,26)20-12-4-2-10-18(20)28-16-8-6-14-22/h1-4,9-12,21-22H,5-8,13-16H2. The van der Waals surface area contributed by atoms with Crippen LogP contribution in [0.3, 0.4) is 0 Å². The predicted molar refractivity (Wildman–Crippen MR) is 111 cm³/mol. The molecule has 0 saturated heterocycles. The topological polar surface area (TPSA) is 127 Å². The van der Waals surface area contributed by atoms with Gasteiger partial charge in [-0.3, -0.25) is 0 Å². The monoisotopic (exact) mass is 458 g/mol. The van der Waals surface area contributed by atoms with Gasteiger partial charge >= 0.3 is 0 Å². The van der Waals surface area contributed by atoms with E-state index in [2.05, 4.69) is 0 Å². The molecule has 10 heteroatoms. The number of hydrogen-bond donors (Lipinski definition) is 2. The molecule has 166 valence electrons. The maximum absolute atomic E-state index is 13.1. The lowest BCUT2D eigenvalue weighted by Gasteiger charge is -2.14. The van der Waals surface area contributed by atoms with Crippen molar-refractivity contribution in [2.45, 2.75) is 35.5 Å². The SMILES string of the molecule is O=S(=O)(c1ccccc1OCCCCO)S(=O)(=O)c1ccccc1OCCCCO. The van der Waals surface area contributed by atoms with Crippen LogP contribution < -0.4 is 9.47 Å². The van der Waals surface area contributed by atoms with E-state index in [1.807, 2.05) is 0 Å². The molecule has 0 unspecified atom stereocenters. The van der Waals surface area contributed by atoms with Crippen molar-refractivity contribution in [1.29, 1.82) is 0 Å². The van der Waals surface area contributed by atoms with Gasteiger partial charge in [-0.25, -0.2) is 16.8 Å². The normalized spacial score (nSPS) is 11.9. The molecule has 0 aliphatic heterocycles. The van der Waals surface area contributed by atoms with Gasteiger partial charge in [-0.15, -0.1) is 0 Å². The first kappa shape index (κ1) is 24.1. The molecule has 0 aliphatic rings. The van der Waals surface area contributed by atoms with E-state index in [1.165, 1.54) is 36.4 Å². The molecule has 8 nitrogen and oxygen atoms in total. The molecule has 2 N–H and O–H groups in total. The van der Waals surface area contributed by atoms with Gasteiger partial charge in [0.2, 0.25) is 0 Å². The molecule has 0 saturated carbocycles. The summed E-state index contributed by atoms with van der Waals surface area (Å²) >= 11 is 0. The minimum atomic E-state index is -4.84. The fourth-order valence-corrected chi connectivity index (χ4v) is 6.53. The van der Waals surface area contributed by atoms with Crippen LogP contribution >= 0.6 is 0 Å². The Bertz CT molecular complexity index is 933. The highest BCUT2D eigenvalue weighted by molar-refractivity contribution is 8.67. The number of benzene rings is 2. The Morgan fingerprint density at radius 2 is 0.967 bits per heavy atom. The molecule has 0 radical (unpaired) electrons. The van der Waals surface area contributed by atoms with Crippen molar-refractivity contribution in [3.05, 3.63) is 48.5 Å². The van der Waals surface area contributed by atoms with Gasteiger partial charge in [-0.1, -0.05) is 24.3 Å². The maximum atomic E-state index is 13.1. The van der Waals surface area contributed by atoms with Gasteiger partial charge in [0.15, 0.2) is 0 Å². The maximum Gasteiger partial charge on any atom is 0.290 e. The number of unbranched alkanes of at least 4 members (excludes halogenated alkanes) is 2. The van der Waals surface area contributed by atoms with Crippen LogP contribution in [0.5, 0.6) is 11.5 Å². The van der Waals surface area contributed by atoms with Crippen molar-refractivity contribution in [2.24, 2.45) is 0 Å². The molecule has 0 fully saturated rings. The van der Waals surface area contributed by atoms with E-state index in [9.17, 15) is 16.8 Å². The second kappa shape index (κ2) is 11.3. The minimum absolute atomic E-state index is 0.0211. The molecular weight excluding hydrogens is 432 g/mol. The van der Waals surface area contributed by atoms with Gasteiger partial charge in [0.05, 0.1) is 13.2 Å². The van der Waals surface area contributed by atoms with Crippen LogP contribution in [-0.2, 0) is 17.7 Å². The first-order chi connectivity index (χ1) is 14.4. The van der Waals surface area contributed by atoms with Crippen LogP contribution in [-0.4, -0.2) is 53.5 Å². The molecule has 2 aromatic rings. The van der Waals surface area contributed by atoms with Gasteiger partial charge in [0.1, 0.15) is 21.3 Å². The highest BCUT2D eigenvalue weighted by atomic mass is 33.2. The molecule has 0 amide bonds. The predicted octanol–water partition coefficient (Wildman–Crippen LogP) is 2.15. The summed E-state index contributed by atoms with van der Waals surface area (Å²) in [6.07, 6.45) is 1.94. The molecular formula is C20H26O8S2. The number of ether oxygens (including phenoxy) is 2. The summed E-state index contributed by atoms with van der Waals surface area (Å²) in [5.74, 6) is -0.138. The Labute approximate surface area is 176 Å². The summed E-state index contributed by atoms with van der Waals surface area (Å²) in [4.78, 5) is -0.909. The van der Waals surface area contributed by atoms with Crippen molar-refractivity contribution < 1.29 is 36.5 Å². The van der Waals surface area contributed by atoms with Gasteiger partial charge in [-0.2, -0.15) is 0 Å². The molecule has 0 aliphatic carbocycles. The van der Waals surface area contributed by atoms with E-state index >= 15 is 0 Å². The van der Waals surface area contributed by atoms with Crippen molar-refractivity contribution >= 4 is 17.7 Å². The molecule has 0 atom stereocenters. The summed E-state index contributed by atoms with van der Waals surface area (Å²) in [6.45, 7) is 0.231. The third kappa shape index (κ3) is 5.72. The molecule has 2 rings (SSSR count). The zero-order chi connectivity index (χ0) is 22.0. The van der Waals surface area contributed by atoms with Crippen molar-refractivity contribution in [3.63, 3.8) is 0 Å². The Morgan fingerprint density at radius 1 is 0.600 bits per heavy atom. The zero-order valence-electron chi connectivity index (χ0n) is 16.4. The number of para-hydroxylation sites is 2. The summed E-state index contributed by atoms with van der Waals surface area (Å²) < 4.78 is 63.3. The van der Waals surface area contributed by atoms with Gasteiger partial charge in [-0.05, 0) is 49.9 Å². The van der Waals surface area contributed by atoms with E-state index in [0.29, 0.717) is 25.7 Å². The van der Waals surface area contributed by atoms with Crippen LogP contribution in [0.25, 0.3) is 0 Å². The van der Waals surface area contributed by atoms with Crippen LogP contribution in [0.4, 0.5) is 0 Å². The zero-order valence-corrected chi connectivity index (χ0v) is 18.1. The van der Waals surface area contributed by atoms with E-state index in [1.54, 1.807) is 12.1 Å². The summed E-state index contributed by atoms with van der Waals surface area (Å²) in [5, 5.41) is 17.7. The van der Waals surface area contributed by atoms with Gasteiger partial charge in [0, 0.05) is 13.2 Å². The molecule has 0 heterocycles. The third-order valence-electron chi connectivity index (χ3n) is 4.15. The first-order valence-electron chi connectivity index (χ1n) is 9.51.